The van der Waals surface area contributed by atoms with Gasteiger partial charge in [0.2, 0.25) is 5.78 Å². The van der Waals surface area contributed by atoms with Gasteiger partial charge in [-0.2, -0.15) is 5.26 Å². The van der Waals surface area contributed by atoms with E-state index in [9.17, 15) is 9.59 Å². The van der Waals surface area contributed by atoms with E-state index in [0.29, 0.717) is 33.8 Å². The number of hydrogen-bond donors (Lipinski definition) is 0. The Hall–Kier alpha value is -3.59. The highest BCUT2D eigenvalue weighted by atomic mass is 16.5. The van der Waals surface area contributed by atoms with Crippen LogP contribution >= 0.6 is 0 Å². The van der Waals surface area contributed by atoms with Crippen LogP contribution in [0.25, 0.3) is 6.08 Å². The number of nitriles is 1. The Morgan fingerprint density at radius 2 is 2.00 bits per heavy atom. The van der Waals surface area contributed by atoms with Gasteiger partial charge in [0.15, 0.2) is 12.4 Å². The molecular formula is C20H15NO5. The third-order valence-electron chi connectivity index (χ3n) is 3.88. The van der Waals surface area contributed by atoms with Crippen molar-refractivity contribution >= 4 is 17.8 Å². The number of ketones is 1. The highest BCUT2D eigenvalue weighted by molar-refractivity contribution is 6.15. The van der Waals surface area contributed by atoms with E-state index in [1.165, 1.54) is 7.11 Å². The molecule has 1 heterocycles. The van der Waals surface area contributed by atoms with Gasteiger partial charge in [-0.1, -0.05) is 12.1 Å². The number of Topliss-reactive ketones (excluding diaryl/α,β-unsaturated/α-hetero) is 1. The van der Waals surface area contributed by atoms with Crippen molar-refractivity contribution in [2.75, 3.05) is 13.7 Å². The van der Waals surface area contributed by atoms with E-state index in [4.69, 9.17) is 14.7 Å². The van der Waals surface area contributed by atoms with Crippen molar-refractivity contribution < 1.29 is 23.8 Å². The zero-order valence-electron chi connectivity index (χ0n) is 14.2. The predicted octanol–water partition coefficient (Wildman–Crippen LogP) is 3.30. The fraction of sp³-hybridized carbons (Fsp3) is 0.150. The molecule has 1 aliphatic heterocycles. The Bertz CT molecular complexity index is 951. The molecule has 0 saturated heterocycles. The Morgan fingerprint density at radius 1 is 1.27 bits per heavy atom. The molecule has 2 aromatic carbocycles. The van der Waals surface area contributed by atoms with E-state index in [0.717, 1.165) is 0 Å². The summed E-state index contributed by atoms with van der Waals surface area (Å²) < 4.78 is 15.6. The van der Waals surface area contributed by atoms with Crippen molar-refractivity contribution in [2.45, 2.75) is 6.92 Å². The zero-order chi connectivity index (χ0) is 18.7. The number of rotatable bonds is 4. The fourth-order valence-corrected chi connectivity index (χ4v) is 2.66. The first-order valence-electron chi connectivity index (χ1n) is 7.80. The number of aryl methyl sites for hydroxylation is 1. The number of methoxy groups -OCH3 is 1. The van der Waals surface area contributed by atoms with Crippen LogP contribution in [0, 0.1) is 18.3 Å². The minimum absolute atomic E-state index is 0.0819. The van der Waals surface area contributed by atoms with Gasteiger partial charge in [0.1, 0.15) is 17.6 Å². The maximum absolute atomic E-state index is 12.6. The minimum atomic E-state index is -0.426. The Labute approximate surface area is 150 Å². The molecule has 2 aromatic rings. The Kier molecular flexibility index (Phi) is 4.72. The number of hydrogen-bond acceptors (Lipinski definition) is 6. The van der Waals surface area contributed by atoms with E-state index in [2.05, 4.69) is 4.74 Å². The van der Waals surface area contributed by atoms with Gasteiger partial charge in [-0.25, -0.2) is 4.79 Å². The van der Waals surface area contributed by atoms with E-state index in [1.807, 2.05) is 6.07 Å². The molecule has 0 radical (unpaired) electrons. The molecule has 6 heteroatoms. The van der Waals surface area contributed by atoms with Crippen LogP contribution < -0.4 is 9.47 Å². The van der Waals surface area contributed by atoms with E-state index < -0.39 is 5.97 Å². The second-order valence-corrected chi connectivity index (χ2v) is 5.61. The number of ether oxygens (including phenoxy) is 3. The summed E-state index contributed by atoms with van der Waals surface area (Å²) in [6.07, 6.45) is 1.61. The van der Waals surface area contributed by atoms with E-state index >= 15 is 0 Å². The molecule has 130 valence electrons. The van der Waals surface area contributed by atoms with Gasteiger partial charge >= 0.3 is 5.97 Å². The highest BCUT2D eigenvalue weighted by Gasteiger charge is 2.30. The third-order valence-corrected chi connectivity index (χ3v) is 3.88. The topological polar surface area (TPSA) is 85.6 Å². The molecule has 1 aliphatic rings. The predicted molar refractivity (Wildman–Crippen MR) is 93.0 cm³/mol. The number of benzene rings is 2. The third kappa shape index (κ3) is 3.28. The minimum Gasteiger partial charge on any atom is -0.479 e. The van der Waals surface area contributed by atoms with Crippen LogP contribution in [0.15, 0.2) is 42.2 Å². The molecular weight excluding hydrogens is 334 g/mol. The molecule has 0 bridgehead atoms. The van der Waals surface area contributed by atoms with Crippen molar-refractivity contribution in [3.8, 4) is 17.6 Å². The summed E-state index contributed by atoms with van der Waals surface area (Å²) in [5, 5.41) is 8.61. The van der Waals surface area contributed by atoms with Gasteiger partial charge in [0, 0.05) is 6.07 Å². The maximum atomic E-state index is 12.6. The van der Waals surface area contributed by atoms with Gasteiger partial charge in [-0.3, -0.25) is 4.79 Å². The number of fused-ring (bicyclic) bond motifs is 1. The molecule has 0 N–H and O–H groups in total. The van der Waals surface area contributed by atoms with Crippen molar-refractivity contribution in [1.29, 1.82) is 5.26 Å². The average molecular weight is 349 g/mol. The number of carbonyl (C=O) groups excluding carboxylic acids is 2. The molecule has 3 rings (SSSR count). The fourth-order valence-electron chi connectivity index (χ4n) is 2.66. The smallest absolute Gasteiger partial charge is 0.337 e. The van der Waals surface area contributed by atoms with Crippen molar-refractivity contribution in [3.05, 3.63) is 64.4 Å². The first-order chi connectivity index (χ1) is 12.5. The van der Waals surface area contributed by atoms with Crippen LogP contribution in [0.3, 0.4) is 0 Å². The van der Waals surface area contributed by atoms with E-state index in [-0.39, 0.29) is 18.1 Å². The lowest BCUT2D eigenvalue weighted by Crippen LogP contribution is -2.01. The standard InChI is InChI=1S/C20H15NO5/c1-12-9-15(25-8-7-21)11-16-18(12)19(22)17(26-16)10-13-3-5-14(6-4-13)20(23)24-2/h3-6,9-11H,8H2,1-2H3. The highest BCUT2D eigenvalue weighted by Crippen LogP contribution is 2.37. The normalized spacial score (nSPS) is 13.7. The molecule has 6 nitrogen and oxygen atoms in total. The first kappa shape index (κ1) is 17.2. The van der Waals surface area contributed by atoms with Gasteiger partial charge in [0.05, 0.1) is 18.2 Å². The lowest BCUT2D eigenvalue weighted by molar-refractivity contribution is 0.0600. The summed E-state index contributed by atoms with van der Waals surface area (Å²) >= 11 is 0. The largest absolute Gasteiger partial charge is 0.479 e. The summed E-state index contributed by atoms with van der Waals surface area (Å²) in [6, 6.07) is 11.8. The molecule has 26 heavy (non-hydrogen) atoms. The average Bonchev–Trinajstić information content (AvgIpc) is 2.96. The molecule has 0 fully saturated rings. The SMILES string of the molecule is COC(=O)c1ccc(C=C2Oc3cc(OCC#N)cc(C)c3C2=O)cc1. The number of nitrogens with zero attached hydrogens (tertiary/aromatic N) is 1. The Balaban J connectivity index is 1.87. The second kappa shape index (κ2) is 7.11. The van der Waals surface area contributed by atoms with Crippen molar-refractivity contribution in [2.24, 2.45) is 0 Å². The molecule has 0 unspecified atom stereocenters. The lowest BCUT2D eigenvalue weighted by atomic mass is 10.0. The van der Waals surface area contributed by atoms with E-state index in [1.54, 1.807) is 49.4 Å². The summed E-state index contributed by atoms with van der Waals surface area (Å²) in [7, 11) is 1.32. The van der Waals surface area contributed by atoms with Crippen LogP contribution in [0.5, 0.6) is 11.5 Å². The summed E-state index contributed by atoms with van der Waals surface area (Å²) in [5.74, 6) is 0.415. The monoisotopic (exact) mass is 349 g/mol. The van der Waals surface area contributed by atoms with Gasteiger partial charge < -0.3 is 14.2 Å². The van der Waals surface area contributed by atoms with Gasteiger partial charge in [-0.15, -0.1) is 0 Å². The number of esters is 1. The lowest BCUT2D eigenvalue weighted by Gasteiger charge is -2.06. The quantitative estimate of drug-likeness (QED) is 0.622. The zero-order valence-corrected chi connectivity index (χ0v) is 14.2. The molecule has 0 saturated carbocycles. The number of carbonyl (C=O) groups is 2. The molecule has 0 amide bonds. The van der Waals surface area contributed by atoms with Crippen LogP contribution in [0.1, 0.15) is 31.8 Å². The van der Waals surface area contributed by atoms with Crippen LogP contribution in [0.2, 0.25) is 0 Å². The second-order valence-electron chi connectivity index (χ2n) is 5.61. The van der Waals surface area contributed by atoms with Crippen LogP contribution in [-0.4, -0.2) is 25.5 Å². The molecule has 0 aromatic heterocycles. The van der Waals surface area contributed by atoms with Crippen LogP contribution in [-0.2, 0) is 4.74 Å². The maximum Gasteiger partial charge on any atom is 0.337 e. The summed E-state index contributed by atoms with van der Waals surface area (Å²) in [6.45, 7) is 1.70. The summed E-state index contributed by atoms with van der Waals surface area (Å²) in [4.78, 5) is 24.1. The summed E-state index contributed by atoms with van der Waals surface area (Å²) in [5.41, 5.74) is 2.33. The van der Waals surface area contributed by atoms with Gasteiger partial charge in [0.25, 0.3) is 0 Å². The molecule has 0 aliphatic carbocycles. The Morgan fingerprint density at radius 3 is 2.65 bits per heavy atom. The first-order valence-corrected chi connectivity index (χ1v) is 7.80. The molecule has 0 spiro atoms. The van der Waals surface area contributed by atoms with Gasteiger partial charge in [-0.05, 0) is 42.3 Å². The van der Waals surface area contributed by atoms with Crippen molar-refractivity contribution in [3.63, 3.8) is 0 Å². The van der Waals surface area contributed by atoms with Crippen molar-refractivity contribution in [1.82, 2.24) is 0 Å². The number of allylic oxidation sites excluding steroid dienone is 1. The van der Waals surface area contributed by atoms with Crippen LogP contribution in [0.4, 0.5) is 0 Å². The molecule has 0 atom stereocenters.